The Morgan fingerprint density at radius 3 is 2.90 bits per heavy atom. The van der Waals surface area contributed by atoms with Crippen LogP contribution in [0.15, 0.2) is 57.2 Å². The highest BCUT2D eigenvalue weighted by Gasteiger charge is 2.12. The van der Waals surface area contributed by atoms with Gasteiger partial charge in [0.1, 0.15) is 5.82 Å². The molecule has 0 aliphatic heterocycles. The lowest BCUT2D eigenvalue weighted by atomic mass is 10.1. The number of thiophene rings is 1. The van der Waals surface area contributed by atoms with E-state index >= 15 is 0 Å². The first kappa shape index (κ1) is 19.7. The molecule has 0 atom stereocenters. The first-order chi connectivity index (χ1) is 14.6. The minimum Gasteiger partial charge on any atom is -0.339 e. The van der Waals surface area contributed by atoms with Crippen molar-refractivity contribution in [3.8, 4) is 22.1 Å². The smallest absolute Gasteiger partial charge is 0.251 e. The Kier molecular flexibility index (Phi) is 5.80. The molecule has 0 unspecified atom stereocenters. The number of hydrogen-bond acceptors (Lipinski definition) is 7. The summed E-state index contributed by atoms with van der Waals surface area (Å²) in [5, 5.41) is 8.74. The fraction of sp³-hybridized carbons (Fsp3) is 0.190. The Labute approximate surface area is 176 Å². The molecule has 3 heterocycles. The zero-order valence-corrected chi connectivity index (χ0v) is 17.0. The second kappa shape index (κ2) is 8.83. The van der Waals surface area contributed by atoms with E-state index < -0.39 is 0 Å². The number of aryl methyl sites for hydroxylation is 2. The van der Waals surface area contributed by atoms with E-state index in [1.165, 1.54) is 17.4 Å². The fourth-order valence-electron chi connectivity index (χ4n) is 2.88. The van der Waals surface area contributed by atoms with Crippen molar-refractivity contribution in [2.24, 2.45) is 0 Å². The summed E-state index contributed by atoms with van der Waals surface area (Å²) < 4.78 is 5.22. The van der Waals surface area contributed by atoms with E-state index in [-0.39, 0.29) is 17.9 Å². The van der Waals surface area contributed by atoms with Gasteiger partial charge in [0.05, 0.1) is 4.88 Å². The summed E-state index contributed by atoms with van der Waals surface area (Å²) in [7, 11) is 0. The van der Waals surface area contributed by atoms with Crippen LogP contribution in [0.1, 0.15) is 24.9 Å². The number of carbonyl (C=O) groups excluding carboxylic acids is 1. The lowest BCUT2D eigenvalue weighted by molar-refractivity contribution is -0.116. The third kappa shape index (κ3) is 4.69. The Bertz CT molecular complexity index is 1210. The number of amides is 1. The van der Waals surface area contributed by atoms with Crippen molar-refractivity contribution < 1.29 is 9.32 Å². The highest BCUT2D eigenvalue weighted by Crippen LogP contribution is 2.22. The fourth-order valence-corrected chi connectivity index (χ4v) is 3.53. The summed E-state index contributed by atoms with van der Waals surface area (Å²) in [5.41, 5.74) is 1.85. The molecule has 0 radical (unpaired) electrons. The molecular formula is C21H19N5O3S. The van der Waals surface area contributed by atoms with E-state index in [0.29, 0.717) is 41.8 Å². The SMILES string of the molecule is CCc1cc(=O)[nH]c(-c2cccc(NC(=O)CCc3nc(-c4cccs4)no3)c2)n1. The summed E-state index contributed by atoms with van der Waals surface area (Å²) in [4.78, 5) is 36.6. The number of aromatic amines is 1. The van der Waals surface area contributed by atoms with Crippen LogP contribution in [0.3, 0.4) is 0 Å². The molecule has 4 aromatic rings. The number of H-pyrrole nitrogens is 1. The van der Waals surface area contributed by atoms with E-state index in [1.54, 1.807) is 18.2 Å². The number of hydrogen-bond donors (Lipinski definition) is 2. The van der Waals surface area contributed by atoms with Crippen LogP contribution in [0.5, 0.6) is 0 Å². The minimum absolute atomic E-state index is 0.174. The average Bonchev–Trinajstić information content (AvgIpc) is 3.44. The van der Waals surface area contributed by atoms with Gasteiger partial charge in [-0.25, -0.2) is 4.98 Å². The highest BCUT2D eigenvalue weighted by molar-refractivity contribution is 7.13. The van der Waals surface area contributed by atoms with Gasteiger partial charge < -0.3 is 14.8 Å². The van der Waals surface area contributed by atoms with Crippen molar-refractivity contribution >= 4 is 22.9 Å². The van der Waals surface area contributed by atoms with E-state index in [2.05, 4.69) is 25.4 Å². The maximum absolute atomic E-state index is 12.4. The van der Waals surface area contributed by atoms with Crippen LogP contribution in [0.2, 0.25) is 0 Å². The lowest BCUT2D eigenvalue weighted by Crippen LogP contribution is -2.13. The van der Waals surface area contributed by atoms with Gasteiger partial charge in [0, 0.05) is 35.9 Å². The van der Waals surface area contributed by atoms with E-state index in [0.717, 1.165) is 10.4 Å². The maximum atomic E-state index is 12.4. The molecule has 0 spiro atoms. The van der Waals surface area contributed by atoms with Gasteiger partial charge in [-0.15, -0.1) is 11.3 Å². The van der Waals surface area contributed by atoms with Crippen LogP contribution in [-0.2, 0) is 17.6 Å². The molecule has 0 bridgehead atoms. The van der Waals surface area contributed by atoms with Crippen molar-refractivity contribution in [2.75, 3.05) is 5.32 Å². The molecular weight excluding hydrogens is 402 g/mol. The van der Waals surface area contributed by atoms with Crippen molar-refractivity contribution in [3.05, 3.63) is 69.8 Å². The van der Waals surface area contributed by atoms with Crippen LogP contribution in [0, 0.1) is 0 Å². The van der Waals surface area contributed by atoms with E-state index in [9.17, 15) is 9.59 Å². The molecule has 4 rings (SSSR count). The molecule has 1 amide bonds. The van der Waals surface area contributed by atoms with Crippen molar-refractivity contribution in [1.82, 2.24) is 20.1 Å². The molecule has 8 nitrogen and oxygen atoms in total. The number of nitrogens with one attached hydrogen (secondary N) is 2. The number of aromatic nitrogens is 4. The van der Waals surface area contributed by atoms with Crippen molar-refractivity contribution in [1.29, 1.82) is 0 Å². The molecule has 0 fully saturated rings. The first-order valence-corrected chi connectivity index (χ1v) is 10.4. The quantitative estimate of drug-likeness (QED) is 0.470. The van der Waals surface area contributed by atoms with Gasteiger partial charge in [-0.1, -0.05) is 30.3 Å². The predicted molar refractivity (Wildman–Crippen MR) is 114 cm³/mol. The molecule has 1 aromatic carbocycles. The normalized spacial score (nSPS) is 10.8. The summed E-state index contributed by atoms with van der Waals surface area (Å²) in [5.74, 6) is 1.25. The summed E-state index contributed by atoms with van der Waals surface area (Å²) >= 11 is 1.53. The largest absolute Gasteiger partial charge is 0.339 e. The highest BCUT2D eigenvalue weighted by atomic mass is 32.1. The van der Waals surface area contributed by atoms with Crippen LogP contribution < -0.4 is 10.9 Å². The Morgan fingerprint density at radius 2 is 2.10 bits per heavy atom. The van der Waals surface area contributed by atoms with Gasteiger partial charge in [-0.3, -0.25) is 9.59 Å². The standard InChI is InChI=1S/C21H19N5O3S/c1-2-14-12-18(28)24-20(23-14)13-5-3-6-15(11-13)22-17(27)8-9-19-25-21(26-29-19)16-7-4-10-30-16/h3-7,10-12H,2,8-9H2,1H3,(H,22,27)(H,23,24,28). The Morgan fingerprint density at radius 1 is 1.20 bits per heavy atom. The number of rotatable bonds is 7. The van der Waals surface area contributed by atoms with Gasteiger partial charge >= 0.3 is 0 Å². The summed E-state index contributed by atoms with van der Waals surface area (Å²) in [6.45, 7) is 1.94. The molecule has 0 aliphatic rings. The monoisotopic (exact) mass is 421 g/mol. The zero-order valence-electron chi connectivity index (χ0n) is 16.2. The van der Waals surface area contributed by atoms with Crippen molar-refractivity contribution in [2.45, 2.75) is 26.2 Å². The van der Waals surface area contributed by atoms with E-state index in [1.807, 2.05) is 30.5 Å². The van der Waals surface area contributed by atoms with Gasteiger partial charge in [0.15, 0.2) is 0 Å². The van der Waals surface area contributed by atoms with Gasteiger partial charge in [-0.05, 0) is 30.0 Å². The van der Waals surface area contributed by atoms with Crippen LogP contribution in [-0.4, -0.2) is 26.0 Å². The van der Waals surface area contributed by atoms with E-state index in [4.69, 9.17) is 4.52 Å². The number of anilines is 1. The lowest BCUT2D eigenvalue weighted by Gasteiger charge is -2.07. The second-order valence-electron chi connectivity index (χ2n) is 6.56. The number of nitrogens with zero attached hydrogens (tertiary/aromatic N) is 3. The van der Waals surface area contributed by atoms with Gasteiger partial charge in [0.25, 0.3) is 5.56 Å². The molecule has 0 saturated carbocycles. The van der Waals surface area contributed by atoms with Crippen LogP contribution >= 0.6 is 11.3 Å². The number of benzene rings is 1. The summed E-state index contributed by atoms with van der Waals surface area (Å²) in [6, 6.07) is 12.5. The van der Waals surface area contributed by atoms with Crippen LogP contribution in [0.25, 0.3) is 22.1 Å². The predicted octanol–water partition coefficient (Wildman–Crippen LogP) is 3.68. The third-order valence-corrected chi connectivity index (χ3v) is 5.22. The van der Waals surface area contributed by atoms with Gasteiger partial charge in [-0.2, -0.15) is 4.98 Å². The third-order valence-electron chi connectivity index (χ3n) is 4.35. The minimum atomic E-state index is -0.201. The molecule has 2 N–H and O–H groups in total. The first-order valence-electron chi connectivity index (χ1n) is 9.47. The Balaban J connectivity index is 1.40. The molecule has 0 aliphatic carbocycles. The molecule has 0 saturated heterocycles. The van der Waals surface area contributed by atoms with Crippen molar-refractivity contribution in [3.63, 3.8) is 0 Å². The maximum Gasteiger partial charge on any atom is 0.251 e. The summed E-state index contributed by atoms with van der Waals surface area (Å²) in [6.07, 6.45) is 1.21. The number of carbonyl (C=O) groups is 1. The molecule has 9 heteroatoms. The molecule has 3 aromatic heterocycles. The second-order valence-corrected chi connectivity index (χ2v) is 7.50. The van der Waals surface area contributed by atoms with Crippen LogP contribution in [0.4, 0.5) is 5.69 Å². The molecule has 152 valence electrons. The topological polar surface area (TPSA) is 114 Å². The Hall–Kier alpha value is -3.59. The average molecular weight is 421 g/mol. The zero-order chi connectivity index (χ0) is 20.9. The van der Waals surface area contributed by atoms with Gasteiger partial charge in [0.2, 0.25) is 17.6 Å². The molecule has 30 heavy (non-hydrogen) atoms.